The molecular formula is C37H38F3N6O3+. The standard InChI is InChI=1S/C37H37F3N6O3/c1-24(30-11-5-6-12-31(30)32-13-7-8-14-33(32)49-37(38,39)40)43-36(48)46(29-21-19-27(20-22-29)26-9-3-2-4-10-26)23-25-15-17-28(18-16-25)34(47)44-35(41)45-42/h5-8,11-22,24,26,42H,2-4,9-10,23H2,1H3,(H,43,48)(H2,41,44,47)/p+1. The molecule has 12 heteroatoms. The number of carbonyl (C=O) groups excluding carboxylic acids is 2. The van der Waals surface area contributed by atoms with E-state index in [0.717, 1.165) is 18.4 Å². The molecule has 4 aromatic rings. The molecule has 0 spiro atoms. The molecule has 9 nitrogen and oxygen atoms in total. The lowest BCUT2D eigenvalue weighted by molar-refractivity contribution is -0.274. The summed E-state index contributed by atoms with van der Waals surface area (Å²) in [5.74, 6) is -0.811. The quantitative estimate of drug-likeness (QED) is 0.0968. The van der Waals surface area contributed by atoms with Gasteiger partial charge in [-0.15, -0.1) is 18.7 Å². The third kappa shape index (κ3) is 9.10. The van der Waals surface area contributed by atoms with Crippen molar-refractivity contribution in [2.24, 2.45) is 15.8 Å². The fourth-order valence-corrected chi connectivity index (χ4v) is 6.14. The van der Waals surface area contributed by atoms with Gasteiger partial charge in [-0.25, -0.2) is 4.79 Å². The van der Waals surface area contributed by atoms with Crippen LogP contribution >= 0.6 is 0 Å². The first-order valence-corrected chi connectivity index (χ1v) is 16.0. The lowest BCUT2D eigenvalue weighted by Crippen LogP contribution is -2.41. The first-order valence-electron chi connectivity index (χ1n) is 16.0. The third-order valence-electron chi connectivity index (χ3n) is 8.59. The molecule has 1 aliphatic rings. The molecule has 254 valence electrons. The molecule has 5 N–H and O–H groups in total. The van der Waals surface area contributed by atoms with Crippen molar-refractivity contribution in [2.75, 3.05) is 4.90 Å². The van der Waals surface area contributed by atoms with Crippen LogP contribution in [0.15, 0.2) is 107 Å². The zero-order valence-corrected chi connectivity index (χ0v) is 27.0. The number of alkyl halides is 3. The van der Waals surface area contributed by atoms with Gasteiger partial charge in [-0.1, -0.05) is 86.0 Å². The van der Waals surface area contributed by atoms with Gasteiger partial charge >= 0.3 is 12.4 Å². The minimum atomic E-state index is -4.87. The Kier molecular flexibility index (Phi) is 11.1. The number of guanidine groups is 1. The highest BCUT2D eigenvalue weighted by Gasteiger charge is 2.32. The first-order chi connectivity index (χ1) is 23.5. The van der Waals surface area contributed by atoms with Crippen LogP contribution in [0.2, 0.25) is 0 Å². The fraction of sp³-hybridized carbons (Fsp3) is 0.270. The minimum Gasteiger partial charge on any atom is -0.405 e. The summed E-state index contributed by atoms with van der Waals surface area (Å²) in [5.41, 5.74) is 14.8. The molecule has 49 heavy (non-hydrogen) atoms. The molecule has 0 bridgehead atoms. The molecular weight excluding hydrogens is 633 g/mol. The highest BCUT2D eigenvalue weighted by atomic mass is 19.4. The monoisotopic (exact) mass is 671 g/mol. The molecule has 5 rings (SSSR count). The van der Waals surface area contributed by atoms with Gasteiger partial charge in [0, 0.05) is 21.9 Å². The molecule has 1 atom stereocenters. The van der Waals surface area contributed by atoms with Crippen molar-refractivity contribution in [3.05, 3.63) is 119 Å². The summed E-state index contributed by atoms with van der Waals surface area (Å²) >= 11 is 0. The molecule has 1 fully saturated rings. The van der Waals surface area contributed by atoms with E-state index < -0.39 is 24.3 Å². The molecule has 4 aromatic carbocycles. The van der Waals surface area contributed by atoms with Crippen molar-refractivity contribution in [3.63, 3.8) is 0 Å². The zero-order valence-electron chi connectivity index (χ0n) is 27.0. The van der Waals surface area contributed by atoms with E-state index >= 15 is 0 Å². The normalized spacial score (nSPS) is 14.5. The van der Waals surface area contributed by atoms with Crippen LogP contribution in [0.5, 0.6) is 5.75 Å². The predicted octanol–water partition coefficient (Wildman–Crippen LogP) is 7.44. The summed E-state index contributed by atoms with van der Waals surface area (Å²) in [6.45, 7) is 1.93. The molecule has 0 heterocycles. The number of carbonyl (C=O) groups is 2. The number of amides is 3. The Morgan fingerprint density at radius 1 is 0.918 bits per heavy atom. The van der Waals surface area contributed by atoms with Gasteiger partial charge in [-0.05, 0) is 78.3 Å². The SMILES string of the molecule is CC(NC(=O)N(Cc1ccc(C(=O)N=C(N)N=[NH2+])cc1)c1ccc(C2CCCCC2)cc1)c1ccccc1-c1ccccc1OC(F)(F)F. The van der Waals surface area contributed by atoms with Gasteiger partial charge in [0.2, 0.25) is 0 Å². The van der Waals surface area contributed by atoms with E-state index in [-0.39, 0.29) is 29.4 Å². The summed E-state index contributed by atoms with van der Waals surface area (Å²) in [5, 5.41) is 6.23. The number of halogens is 3. The van der Waals surface area contributed by atoms with Gasteiger partial charge in [0.05, 0.1) is 12.6 Å². The van der Waals surface area contributed by atoms with Crippen LogP contribution in [-0.4, -0.2) is 24.3 Å². The number of nitrogens with two attached hydrogens (primary N) is 2. The van der Waals surface area contributed by atoms with E-state index in [0.29, 0.717) is 22.7 Å². The van der Waals surface area contributed by atoms with E-state index in [1.54, 1.807) is 72.5 Å². The Bertz CT molecular complexity index is 1800. The van der Waals surface area contributed by atoms with E-state index in [9.17, 15) is 22.8 Å². The van der Waals surface area contributed by atoms with Crippen LogP contribution in [0.3, 0.4) is 0 Å². The van der Waals surface area contributed by atoms with Crippen molar-refractivity contribution in [2.45, 2.75) is 63.9 Å². The predicted molar refractivity (Wildman–Crippen MR) is 181 cm³/mol. The lowest BCUT2D eigenvalue weighted by Gasteiger charge is -2.28. The topological polar surface area (TPSA) is 135 Å². The highest BCUT2D eigenvalue weighted by Crippen LogP contribution is 2.38. The highest BCUT2D eigenvalue weighted by molar-refractivity contribution is 6.02. The van der Waals surface area contributed by atoms with Crippen molar-refractivity contribution >= 4 is 23.6 Å². The van der Waals surface area contributed by atoms with Gasteiger partial charge in [-0.2, -0.15) is 4.99 Å². The maximum absolute atomic E-state index is 14.1. The summed E-state index contributed by atoms with van der Waals surface area (Å²) < 4.78 is 44.0. The van der Waals surface area contributed by atoms with Crippen molar-refractivity contribution < 1.29 is 33.0 Å². The summed E-state index contributed by atoms with van der Waals surface area (Å²) in [4.78, 5) is 31.7. The van der Waals surface area contributed by atoms with Gasteiger partial charge in [0.25, 0.3) is 11.9 Å². The van der Waals surface area contributed by atoms with Gasteiger partial charge < -0.3 is 15.8 Å². The second-order valence-electron chi connectivity index (χ2n) is 11.9. The number of benzene rings is 4. The molecule has 1 unspecified atom stereocenters. The molecule has 3 amide bonds. The van der Waals surface area contributed by atoms with Crippen LogP contribution < -0.4 is 26.2 Å². The summed E-state index contributed by atoms with van der Waals surface area (Å²) in [6, 6.07) is 26.4. The first kappa shape index (κ1) is 34.8. The number of nitrogens with zero attached hydrogens (tertiary/aromatic N) is 3. The fourth-order valence-electron chi connectivity index (χ4n) is 6.14. The Morgan fingerprint density at radius 3 is 2.20 bits per heavy atom. The number of rotatable bonds is 9. The van der Waals surface area contributed by atoms with Crippen LogP contribution in [-0.2, 0) is 6.54 Å². The maximum Gasteiger partial charge on any atom is 0.573 e. The Labute approximate surface area is 282 Å². The van der Waals surface area contributed by atoms with Crippen molar-refractivity contribution in [1.29, 1.82) is 0 Å². The lowest BCUT2D eigenvalue weighted by atomic mass is 9.84. The average molecular weight is 672 g/mol. The second kappa shape index (κ2) is 15.6. The molecule has 1 saturated carbocycles. The molecule has 1 aliphatic carbocycles. The maximum atomic E-state index is 14.1. The second-order valence-corrected chi connectivity index (χ2v) is 11.9. The number of urea groups is 1. The van der Waals surface area contributed by atoms with Crippen molar-refractivity contribution in [3.8, 4) is 16.9 Å². The molecule has 0 aliphatic heterocycles. The summed E-state index contributed by atoms with van der Waals surface area (Å²) in [7, 11) is 0. The zero-order chi connectivity index (χ0) is 35.0. The van der Waals surface area contributed by atoms with Crippen LogP contribution in [0.1, 0.15) is 78.0 Å². The molecule has 0 radical (unpaired) electrons. The van der Waals surface area contributed by atoms with Crippen LogP contribution in [0.25, 0.3) is 11.1 Å². The number of hydrogen-bond acceptors (Lipinski definition) is 3. The van der Waals surface area contributed by atoms with Crippen LogP contribution in [0.4, 0.5) is 23.7 Å². The largest absolute Gasteiger partial charge is 0.573 e. The number of ether oxygens (including phenoxy) is 1. The van der Waals surface area contributed by atoms with Gasteiger partial charge in [0.1, 0.15) is 5.75 Å². The van der Waals surface area contributed by atoms with E-state index in [4.69, 9.17) is 11.3 Å². The number of para-hydroxylation sites is 1. The molecule has 0 saturated heterocycles. The van der Waals surface area contributed by atoms with Crippen molar-refractivity contribution in [1.82, 2.24) is 5.32 Å². The van der Waals surface area contributed by atoms with Gasteiger partial charge in [0.15, 0.2) is 0 Å². The van der Waals surface area contributed by atoms with Gasteiger partial charge in [-0.3, -0.25) is 9.69 Å². The third-order valence-corrected chi connectivity index (χ3v) is 8.59. The van der Waals surface area contributed by atoms with Crippen LogP contribution in [0, 0.1) is 0 Å². The number of aliphatic imine (C=N–C) groups is 1. The van der Waals surface area contributed by atoms with E-state index in [1.807, 2.05) is 12.1 Å². The Balaban J connectivity index is 1.43. The van der Waals surface area contributed by atoms with E-state index in [1.165, 1.54) is 37.0 Å². The Hall–Kier alpha value is -5.52. The number of hydrogen-bond donors (Lipinski definition) is 3. The number of nitrogens with one attached hydrogen (secondary N) is 1. The Morgan fingerprint density at radius 2 is 1.55 bits per heavy atom. The number of anilines is 1. The molecule has 0 aromatic heterocycles. The minimum absolute atomic E-state index is 0.156. The smallest absolute Gasteiger partial charge is 0.405 e. The van der Waals surface area contributed by atoms with E-state index in [2.05, 4.69) is 32.3 Å². The average Bonchev–Trinajstić information content (AvgIpc) is 3.10. The summed E-state index contributed by atoms with van der Waals surface area (Å²) in [6.07, 6.45) is 1.05.